The van der Waals surface area contributed by atoms with Crippen LogP contribution in [-0.4, -0.2) is 45.3 Å². The molecule has 2 heterocycles. The van der Waals surface area contributed by atoms with Crippen molar-refractivity contribution in [2.45, 2.75) is 33.4 Å². The Morgan fingerprint density at radius 2 is 2.16 bits per heavy atom. The fourth-order valence-corrected chi connectivity index (χ4v) is 3.32. The minimum Gasteiger partial charge on any atom is -0.466 e. The summed E-state index contributed by atoms with van der Waals surface area (Å²) in [4.78, 5) is 18.7. The molecule has 1 atom stereocenters. The molecule has 3 rings (SSSR count). The van der Waals surface area contributed by atoms with Gasteiger partial charge in [-0.2, -0.15) is 4.98 Å². The number of aromatic amines is 1. The number of aromatic nitrogens is 3. The first-order chi connectivity index (χ1) is 12.1. The van der Waals surface area contributed by atoms with Gasteiger partial charge < -0.3 is 4.74 Å². The Hall–Kier alpha value is -1.99. The van der Waals surface area contributed by atoms with Crippen LogP contribution in [0, 0.1) is 17.6 Å². The van der Waals surface area contributed by atoms with E-state index in [1.807, 2.05) is 23.7 Å². The van der Waals surface area contributed by atoms with Crippen LogP contribution < -0.4 is 0 Å². The summed E-state index contributed by atoms with van der Waals surface area (Å²) in [6.45, 7) is 6.57. The van der Waals surface area contributed by atoms with Crippen LogP contribution in [0.3, 0.4) is 0 Å². The number of rotatable bonds is 5. The highest BCUT2D eigenvalue weighted by Gasteiger charge is 2.27. The lowest BCUT2D eigenvalue weighted by molar-refractivity contribution is -0.150. The lowest BCUT2D eigenvalue weighted by Crippen LogP contribution is -2.40. The number of nitrogens with zero attached hydrogens (tertiary/aromatic N) is 3. The van der Waals surface area contributed by atoms with Gasteiger partial charge in [0.25, 0.3) is 0 Å². The zero-order chi connectivity index (χ0) is 17.8. The van der Waals surface area contributed by atoms with Crippen molar-refractivity contribution in [3.05, 3.63) is 34.6 Å². The van der Waals surface area contributed by atoms with Crippen LogP contribution in [0.5, 0.6) is 0 Å². The first kappa shape index (κ1) is 17.8. The number of esters is 1. The van der Waals surface area contributed by atoms with Gasteiger partial charge in [-0.05, 0) is 45.5 Å². The highest BCUT2D eigenvalue weighted by Crippen LogP contribution is 2.20. The fourth-order valence-electron chi connectivity index (χ4n) is 3.13. The molecule has 1 aromatic carbocycles. The molecule has 6 nitrogen and oxygen atoms in total. The Labute approximate surface area is 152 Å². The summed E-state index contributed by atoms with van der Waals surface area (Å²) in [5.74, 6) is 0.618. The lowest BCUT2D eigenvalue weighted by atomic mass is 9.99. The number of ether oxygens (including phenoxy) is 1. The molecule has 1 aliphatic heterocycles. The van der Waals surface area contributed by atoms with Crippen molar-refractivity contribution >= 4 is 18.2 Å². The average molecular weight is 360 g/mol. The molecule has 1 aliphatic rings. The molecule has 0 radical (unpaired) electrons. The van der Waals surface area contributed by atoms with Gasteiger partial charge in [0.2, 0.25) is 4.77 Å². The molecule has 2 aromatic rings. The first-order valence-corrected chi connectivity index (χ1v) is 9.10. The van der Waals surface area contributed by atoms with Gasteiger partial charge in [0, 0.05) is 12.1 Å². The molecule has 0 saturated carbocycles. The number of likely N-dealkylation sites (tertiary alicyclic amines) is 1. The molecule has 1 fully saturated rings. The summed E-state index contributed by atoms with van der Waals surface area (Å²) in [5.41, 5.74) is 2.22. The predicted octanol–water partition coefficient (Wildman–Crippen LogP) is 3.15. The van der Waals surface area contributed by atoms with Gasteiger partial charge in [0.05, 0.1) is 19.2 Å². The minimum atomic E-state index is -0.0965. The van der Waals surface area contributed by atoms with Crippen molar-refractivity contribution in [3.63, 3.8) is 0 Å². The molecule has 1 aromatic heterocycles. The Balaban J connectivity index is 1.69. The van der Waals surface area contributed by atoms with E-state index in [2.05, 4.69) is 34.0 Å². The molecule has 0 bridgehead atoms. The van der Waals surface area contributed by atoms with Gasteiger partial charge in [0.1, 0.15) is 0 Å². The Morgan fingerprint density at radius 3 is 2.88 bits per heavy atom. The Bertz CT molecular complexity index is 781. The standard InChI is InChI=1S/C18H24N4O2S/c1-3-24-17(23)15-5-4-10-21(11-15)12-22-18(25)19-16(20-22)14-8-6-13(2)7-9-14/h6-9,15H,3-5,10-12H2,1-2H3,(H,19,20,25)/t15-/m1/s1. The molecule has 0 aliphatic carbocycles. The molecular weight excluding hydrogens is 336 g/mol. The van der Waals surface area contributed by atoms with Crippen LogP contribution in [0.4, 0.5) is 0 Å². The van der Waals surface area contributed by atoms with E-state index in [0.717, 1.165) is 30.8 Å². The van der Waals surface area contributed by atoms with E-state index in [9.17, 15) is 4.79 Å². The summed E-state index contributed by atoms with van der Waals surface area (Å²) in [5, 5.41) is 3.28. The topological polar surface area (TPSA) is 63.1 Å². The quantitative estimate of drug-likeness (QED) is 0.655. The smallest absolute Gasteiger partial charge is 0.310 e. The maximum Gasteiger partial charge on any atom is 0.310 e. The third kappa shape index (κ3) is 4.35. The van der Waals surface area contributed by atoms with Crippen molar-refractivity contribution in [2.75, 3.05) is 19.7 Å². The third-order valence-corrected chi connectivity index (χ3v) is 4.78. The number of carbonyl (C=O) groups is 1. The summed E-state index contributed by atoms with van der Waals surface area (Å²) in [7, 11) is 0. The molecule has 0 spiro atoms. The molecule has 0 unspecified atom stereocenters. The number of benzene rings is 1. The zero-order valence-electron chi connectivity index (χ0n) is 14.7. The van der Waals surface area contributed by atoms with E-state index in [-0.39, 0.29) is 11.9 Å². The second kappa shape index (κ2) is 7.93. The number of hydrogen-bond donors (Lipinski definition) is 1. The van der Waals surface area contributed by atoms with Crippen molar-refractivity contribution in [2.24, 2.45) is 5.92 Å². The summed E-state index contributed by atoms with van der Waals surface area (Å²) in [6, 6.07) is 8.18. The SMILES string of the molecule is CCOC(=O)[C@@H]1CCCN(Cn2[nH]c(-c3ccc(C)cc3)nc2=S)C1. The minimum absolute atomic E-state index is 0.0534. The molecule has 1 N–H and O–H groups in total. The summed E-state index contributed by atoms with van der Waals surface area (Å²) < 4.78 is 7.54. The number of piperidine rings is 1. The van der Waals surface area contributed by atoms with Crippen LogP contribution in [0.1, 0.15) is 25.3 Å². The number of hydrogen-bond acceptors (Lipinski definition) is 5. The van der Waals surface area contributed by atoms with E-state index < -0.39 is 0 Å². The van der Waals surface area contributed by atoms with Gasteiger partial charge in [-0.15, -0.1) is 0 Å². The normalized spacial score (nSPS) is 18.2. The van der Waals surface area contributed by atoms with Crippen molar-refractivity contribution < 1.29 is 9.53 Å². The maximum absolute atomic E-state index is 12.0. The first-order valence-electron chi connectivity index (χ1n) is 8.69. The van der Waals surface area contributed by atoms with Crippen LogP contribution in [0.2, 0.25) is 0 Å². The molecular formula is C18H24N4O2S. The number of H-pyrrole nitrogens is 1. The van der Waals surface area contributed by atoms with Crippen molar-refractivity contribution in [1.82, 2.24) is 19.7 Å². The molecule has 134 valence electrons. The second-order valence-corrected chi connectivity index (χ2v) is 6.82. The van der Waals surface area contributed by atoms with E-state index in [1.165, 1.54) is 5.56 Å². The lowest BCUT2D eigenvalue weighted by Gasteiger charge is -2.31. The van der Waals surface area contributed by atoms with Crippen LogP contribution in [0.25, 0.3) is 11.4 Å². The van der Waals surface area contributed by atoms with Gasteiger partial charge in [-0.25, -0.2) is 4.68 Å². The van der Waals surface area contributed by atoms with E-state index >= 15 is 0 Å². The second-order valence-electron chi connectivity index (χ2n) is 6.46. The van der Waals surface area contributed by atoms with Gasteiger partial charge >= 0.3 is 5.97 Å². The summed E-state index contributed by atoms with van der Waals surface area (Å²) in [6.07, 6.45) is 1.87. The number of carbonyl (C=O) groups excluding carboxylic acids is 1. The van der Waals surface area contributed by atoms with Crippen LogP contribution in [0.15, 0.2) is 24.3 Å². The number of aryl methyl sites for hydroxylation is 1. The summed E-state index contributed by atoms with van der Waals surface area (Å²) >= 11 is 5.39. The van der Waals surface area contributed by atoms with Gasteiger partial charge in [-0.3, -0.25) is 14.8 Å². The fraction of sp³-hybridized carbons (Fsp3) is 0.500. The molecule has 7 heteroatoms. The largest absolute Gasteiger partial charge is 0.466 e. The van der Waals surface area contributed by atoms with E-state index in [1.54, 1.807) is 0 Å². The highest BCUT2D eigenvalue weighted by atomic mass is 32.1. The van der Waals surface area contributed by atoms with Crippen LogP contribution >= 0.6 is 12.2 Å². The average Bonchev–Trinajstić information content (AvgIpc) is 2.97. The molecule has 1 saturated heterocycles. The Kier molecular flexibility index (Phi) is 5.65. The zero-order valence-corrected chi connectivity index (χ0v) is 15.5. The third-order valence-electron chi connectivity index (χ3n) is 4.47. The predicted molar refractivity (Wildman–Crippen MR) is 98.5 cm³/mol. The molecule has 0 amide bonds. The highest BCUT2D eigenvalue weighted by molar-refractivity contribution is 7.71. The van der Waals surface area contributed by atoms with Crippen molar-refractivity contribution in [1.29, 1.82) is 0 Å². The van der Waals surface area contributed by atoms with Gasteiger partial charge in [0.15, 0.2) is 5.82 Å². The monoisotopic (exact) mass is 360 g/mol. The van der Waals surface area contributed by atoms with E-state index in [4.69, 9.17) is 17.0 Å². The van der Waals surface area contributed by atoms with E-state index in [0.29, 0.717) is 24.6 Å². The van der Waals surface area contributed by atoms with Gasteiger partial charge in [-0.1, -0.05) is 29.8 Å². The van der Waals surface area contributed by atoms with Crippen molar-refractivity contribution in [3.8, 4) is 11.4 Å². The maximum atomic E-state index is 12.0. The molecule has 25 heavy (non-hydrogen) atoms. The Morgan fingerprint density at radius 1 is 1.40 bits per heavy atom. The number of nitrogens with one attached hydrogen (secondary N) is 1. The van der Waals surface area contributed by atoms with Crippen LogP contribution in [-0.2, 0) is 16.2 Å².